The van der Waals surface area contributed by atoms with E-state index in [1.807, 2.05) is 49.4 Å². The molecule has 0 bridgehead atoms. The fourth-order valence-corrected chi connectivity index (χ4v) is 4.28. The van der Waals surface area contributed by atoms with Crippen LogP contribution in [-0.2, 0) is 4.74 Å². The molecule has 0 atom stereocenters. The summed E-state index contributed by atoms with van der Waals surface area (Å²) in [6.45, 7) is 3.86. The van der Waals surface area contributed by atoms with Crippen LogP contribution in [0.25, 0.3) is 23.1 Å². The number of nitrogens with one attached hydrogen (secondary N) is 2. The van der Waals surface area contributed by atoms with Crippen molar-refractivity contribution in [3.8, 4) is 0 Å². The van der Waals surface area contributed by atoms with E-state index in [4.69, 9.17) is 14.7 Å². The lowest BCUT2D eigenvalue weighted by molar-refractivity contribution is 0.0819. The van der Waals surface area contributed by atoms with Crippen molar-refractivity contribution in [2.24, 2.45) is 0 Å². The third-order valence-corrected chi connectivity index (χ3v) is 6.01. The minimum atomic E-state index is 0.326. The number of methoxy groups -OCH3 is 1. The quantitative estimate of drug-likeness (QED) is 0.430. The Morgan fingerprint density at radius 2 is 1.85 bits per heavy atom. The summed E-state index contributed by atoms with van der Waals surface area (Å²) in [6.07, 6.45) is 6.32. The Morgan fingerprint density at radius 1 is 1.03 bits per heavy atom. The highest BCUT2D eigenvalue weighted by Gasteiger charge is 2.22. The first-order valence-electron chi connectivity index (χ1n) is 11.3. The van der Waals surface area contributed by atoms with Crippen LogP contribution in [0.4, 0.5) is 17.3 Å². The topological polar surface area (TPSA) is 79.0 Å². The van der Waals surface area contributed by atoms with Crippen molar-refractivity contribution in [3.05, 3.63) is 71.7 Å². The summed E-state index contributed by atoms with van der Waals surface area (Å²) in [6, 6.07) is 18.4. The van der Waals surface area contributed by atoms with Crippen molar-refractivity contribution in [2.45, 2.75) is 25.9 Å². The largest absolute Gasteiger partial charge is 0.381 e. The van der Waals surface area contributed by atoms with Crippen LogP contribution in [-0.4, -0.2) is 46.5 Å². The fraction of sp³-hybridized carbons (Fsp3) is 0.269. The standard InChI is InChI=1S/C26H28N6O/c1-18-17-24(31-30-18)29-26-25-21(27-23(28-26)12-11-19-7-4-3-5-8-19)9-6-10-22(25)32-15-13-20(33-2)14-16-32/h3-12,17,20H,13-16H2,1-2H3,(H2,27,28,29,30,31)/b12-11+. The molecule has 168 valence electrons. The summed E-state index contributed by atoms with van der Waals surface area (Å²) < 4.78 is 5.56. The third-order valence-electron chi connectivity index (χ3n) is 6.01. The molecule has 1 aliphatic heterocycles. The van der Waals surface area contributed by atoms with Gasteiger partial charge in [-0.2, -0.15) is 5.10 Å². The second-order valence-corrected chi connectivity index (χ2v) is 8.33. The summed E-state index contributed by atoms with van der Waals surface area (Å²) in [5.74, 6) is 2.14. The number of anilines is 3. The Labute approximate surface area is 193 Å². The van der Waals surface area contributed by atoms with Crippen molar-refractivity contribution in [1.29, 1.82) is 0 Å². The van der Waals surface area contributed by atoms with Gasteiger partial charge in [-0.05, 0) is 43.5 Å². The maximum absolute atomic E-state index is 5.56. The van der Waals surface area contributed by atoms with Gasteiger partial charge in [0, 0.05) is 37.6 Å². The Bertz CT molecular complexity index is 1260. The highest BCUT2D eigenvalue weighted by atomic mass is 16.5. The molecule has 2 aromatic heterocycles. The van der Waals surface area contributed by atoms with Crippen LogP contribution in [0.15, 0.2) is 54.6 Å². The first-order valence-corrected chi connectivity index (χ1v) is 11.3. The van der Waals surface area contributed by atoms with E-state index in [9.17, 15) is 0 Å². The van der Waals surface area contributed by atoms with Crippen LogP contribution >= 0.6 is 0 Å². The summed E-state index contributed by atoms with van der Waals surface area (Å²) in [7, 11) is 1.80. The molecular weight excluding hydrogens is 412 g/mol. The number of fused-ring (bicyclic) bond motifs is 1. The summed E-state index contributed by atoms with van der Waals surface area (Å²) in [5.41, 5.74) is 4.13. The molecule has 0 unspecified atom stereocenters. The molecular formula is C26H28N6O. The van der Waals surface area contributed by atoms with Gasteiger partial charge >= 0.3 is 0 Å². The Hall–Kier alpha value is -3.71. The highest BCUT2D eigenvalue weighted by molar-refractivity contribution is 6.01. The van der Waals surface area contributed by atoms with Crippen LogP contribution in [0.2, 0.25) is 0 Å². The first kappa shape index (κ1) is 21.2. The maximum Gasteiger partial charge on any atom is 0.154 e. The van der Waals surface area contributed by atoms with Crippen molar-refractivity contribution in [1.82, 2.24) is 20.2 Å². The predicted octanol–water partition coefficient (Wildman–Crippen LogP) is 5.19. The van der Waals surface area contributed by atoms with Gasteiger partial charge in [0.1, 0.15) is 5.82 Å². The summed E-state index contributed by atoms with van der Waals surface area (Å²) in [4.78, 5) is 12.2. The smallest absolute Gasteiger partial charge is 0.154 e. The van der Waals surface area contributed by atoms with Crippen LogP contribution in [0, 0.1) is 6.92 Å². The molecule has 1 fully saturated rings. The molecule has 4 aromatic rings. The molecule has 7 heteroatoms. The van der Waals surface area contributed by atoms with E-state index >= 15 is 0 Å². The van der Waals surface area contributed by atoms with E-state index in [1.165, 1.54) is 0 Å². The molecule has 0 saturated carbocycles. The molecule has 2 N–H and O–H groups in total. The molecule has 1 aliphatic rings. The molecule has 2 aromatic carbocycles. The molecule has 7 nitrogen and oxygen atoms in total. The number of benzene rings is 2. The average molecular weight is 441 g/mol. The average Bonchev–Trinajstić information content (AvgIpc) is 3.27. The number of aryl methyl sites for hydroxylation is 1. The lowest BCUT2D eigenvalue weighted by atomic mass is 10.1. The number of ether oxygens (including phenoxy) is 1. The van der Waals surface area contributed by atoms with Crippen LogP contribution in [0.5, 0.6) is 0 Å². The molecule has 0 aliphatic carbocycles. The van der Waals surface area contributed by atoms with E-state index in [0.29, 0.717) is 11.9 Å². The van der Waals surface area contributed by atoms with Crippen molar-refractivity contribution in [3.63, 3.8) is 0 Å². The lowest BCUT2D eigenvalue weighted by Gasteiger charge is -2.33. The Morgan fingerprint density at radius 3 is 2.58 bits per heavy atom. The zero-order chi connectivity index (χ0) is 22.6. The van der Waals surface area contributed by atoms with Gasteiger partial charge < -0.3 is 15.0 Å². The molecule has 0 spiro atoms. The molecule has 3 heterocycles. The SMILES string of the molecule is COC1CCN(c2cccc3nc(/C=C/c4ccccc4)nc(Nc4cc(C)[nH]n4)c23)CC1. The van der Waals surface area contributed by atoms with Gasteiger partial charge in [0.25, 0.3) is 0 Å². The van der Waals surface area contributed by atoms with Crippen LogP contribution < -0.4 is 10.2 Å². The van der Waals surface area contributed by atoms with Gasteiger partial charge in [0.2, 0.25) is 0 Å². The molecule has 5 rings (SSSR count). The number of H-pyrrole nitrogens is 1. The Balaban J connectivity index is 1.57. The normalized spacial score (nSPS) is 14.9. The number of piperidine rings is 1. The number of hydrogen-bond acceptors (Lipinski definition) is 6. The summed E-state index contributed by atoms with van der Waals surface area (Å²) in [5, 5.41) is 11.8. The zero-order valence-electron chi connectivity index (χ0n) is 19.0. The fourth-order valence-electron chi connectivity index (χ4n) is 4.28. The van der Waals surface area contributed by atoms with Crippen molar-refractivity contribution < 1.29 is 4.74 Å². The second-order valence-electron chi connectivity index (χ2n) is 8.33. The van der Waals surface area contributed by atoms with E-state index in [2.05, 4.69) is 44.7 Å². The minimum Gasteiger partial charge on any atom is -0.381 e. The van der Waals surface area contributed by atoms with Gasteiger partial charge in [-0.3, -0.25) is 5.10 Å². The Kier molecular flexibility index (Phi) is 6.04. The molecule has 0 amide bonds. The number of rotatable bonds is 6. The predicted molar refractivity (Wildman–Crippen MR) is 134 cm³/mol. The van der Waals surface area contributed by atoms with Gasteiger partial charge in [0.05, 0.1) is 17.0 Å². The molecule has 1 saturated heterocycles. The highest BCUT2D eigenvalue weighted by Crippen LogP contribution is 2.34. The maximum atomic E-state index is 5.56. The van der Waals surface area contributed by atoms with Crippen LogP contribution in [0.3, 0.4) is 0 Å². The van der Waals surface area contributed by atoms with Gasteiger partial charge in [0.15, 0.2) is 11.6 Å². The first-order chi connectivity index (χ1) is 16.2. The number of aromatic nitrogens is 4. The van der Waals surface area contributed by atoms with E-state index < -0.39 is 0 Å². The third kappa shape index (κ3) is 4.73. The van der Waals surface area contributed by atoms with E-state index in [-0.39, 0.29) is 0 Å². The van der Waals surface area contributed by atoms with Gasteiger partial charge in [-0.25, -0.2) is 9.97 Å². The van der Waals surface area contributed by atoms with Crippen molar-refractivity contribution >= 4 is 40.4 Å². The minimum absolute atomic E-state index is 0.326. The monoisotopic (exact) mass is 440 g/mol. The van der Waals surface area contributed by atoms with Gasteiger partial charge in [-0.1, -0.05) is 42.5 Å². The zero-order valence-corrected chi connectivity index (χ0v) is 19.0. The van der Waals surface area contributed by atoms with E-state index in [0.717, 1.165) is 65.4 Å². The van der Waals surface area contributed by atoms with Gasteiger partial charge in [-0.15, -0.1) is 0 Å². The number of aromatic amines is 1. The van der Waals surface area contributed by atoms with E-state index in [1.54, 1.807) is 7.11 Å². The van der Waals surface area contributed by atoms with Crippen molar-refractivity contribution in [2.75, 3.05) is 30.4 Å². The second kappa shape index (κ2) is 9.42. The number of hydrogen-bond donors (Lipinski definition) is 2. The van der Waals surface area contributed by atoms with Crippen LogP contribution in [0.1, 0.15) is 29.9 Å². The summed E-state index contributed by atoms with van der Waals surface area (Å²) >= 11 is 0. The lowest BCUT2D eigenvalue weighted by Crippen LogP contribution is -2.36. The molecule has 33 heavy (non-hydrogen) atoms. The molecule has 0 radical (unpaired) electrons. The number of nitrogens with zero attached hydrogens (tertiary/aromatic N) is 4.